The molecule has 1 rings (SSSR count). The first-order valence-corrected chi connectivity index (χ1v) is 4.92. The highest BCUT2D eigenvalue weighted by Gasteiger charge is 2.29. The zero-order chi connectivity index (χ0) is 12.1. The third kappa shape index (κ3) is 3.26. The van der Waals surface area contributed by atoms with Crippen molar-refractivity contribution < 1.29 is 13.6 Å². The minimum atomic E-state index is -2.97. The van der Waals surface area contributed by atoms with E-state index in [0.29, 0.717) is 6.54 Å². The fourth-order valence-corrected chi connectivity index (χ4v) is 1.27. The number of hydroxylamine groups is 2. The Labute approximate surface area is 96.3 Å². The summed E-state index contributed by atoms with van der Waals surface area (Å²) in [6.45, 7) is -0.818. The van der Waals surface area contributed by atoms with Gasteiger partial charge in [0.15, 0.2) is 0 Å². The van der Waals surface area contributed by atoms with E-state index in [4.69, 9.17) is 11.6 Å². The molecule has 0 amide bonds. The van der Waals surface area contributed by atoms with Crippen molar-refractivity contribution >= 4 is 22.9 Å². The van der Waals surface area contributed by atoms with Crippen LogP contribution in [0, 0.1) is 0 Å². The maximum atomic E-state index is 12.2. The molecule has 0 aromatic rings. The van der Waals surface area contributed by atoms with Gasteiger partial charge in [0.25, 0.3) is 0 Å². The molecule has 1 aliphatic heterocycles. The normalized spacial score (nSPS) is 23.6. The number of alkyl halides is 2. The second-order valence-electron chi connectivity index (χ2n) is 2.70. The summed E-state index contributed by atoms with van der Waals surface area (Å²) in [6, 6.07) is 0. The summed E-state index contributed by atoms with van der Waals surface area (Å²) in [7, 11) is 1.54. The van der Waals surface area contributed by atoms with Crippen LogP contribution in [0.2, 0.25) is 0 Å². The van der Waals surface area contributed by atoms with E-state index in [9.17, 15) is 8.78 Å². The van der Waals surface area contributed by atoms with E-state index in [1.165, 1.54) is 7.05 Å². The van der Waals surface area contributed by atoms with Crippen LogP contribution in [0.5, 0.6) is 0 Å². The summed E-state index contributed by atoms with van der Waals surface area (Å²) in [6.07, 6.45) is -0.840. The Kier molecular flexibility index (Phi) is 4.84. The van der Waals surface area contributed by atoms with E-state index >= 15 is 0 Å². The van der Waals surface area contributed by atoms with Crippen LogP contribution in [0.3, 0.4) is 0 Å². The van der Waals surface area contributed by atoms with Crippen molar-refractivity contribution in [3.8, 4) is 0 Å². The van der Waals surface area contributed by atoms with Gasteiger partial charge < -0.3 is 0 Å². The van der Waals surface area contributed by atoms with Crippen LogP contribution in [-0.4, -0.2) is 42.8 Å². The van der Waals surface area contributed by atoms with Crippen LogP contribution >= 0.6 is 11.6 Å². The molecule has 0 aromatic heterocycles. The highest BCUT2D eigenvalue weighted by Crippen LogP contribution is 2.11. The Morgan fingerprint density at radius 2 is 2.44 bits per heavy atom. The van der Waals surface area contributed by atoms with Gasteiger partial charge in [-0.05, 0) is 25.6 Å². The monoisotopic (exact) mass is 255 g/mol. The molecule has 2 N–H and O–H groups in total. The number of nitrogens with zero attached hydrogens (tertiary/aromatic N) is 3. The average molecular weight is 256 g/mol. The van der Waals surface area contributed by atoms with E-state index in [1.54, 1.807) is 6.92 Å². The number of guanidine groups is 1. The lowest BCUT2D eigenvalue weighted by Gasteiger charge is -2.32. The Hall–Kier alpha value is -0.990. The molecule has 0 fully saturated rings. The smallest absolute Gasteiger partial charge is 0.299 e. The fourth-order valence-electron chi connectivity index (χ4n) is 1.09. The third-order valence-corrected chi connectivity index (χ3v) is 1.83. The highest BCUT2D eigenvalue weighted by atomic mass is 35.5. The molecule has 9 heteroatoms. The summed E-state index contributed by atoms with van der Waals surface area (Å²) in [5.41, 5.74) is 0. The van der Waals surface area contributed by atoms with Gasteiger partial charge in [-0.15, -0.1) is 0 Å². The Morgan fingerprint density at radius 1 is 1.75 bits per heavy atom. The molecule has 6 nitrogen and oxygen atoms in total. The summed E-state index contributed by atoms with van der Waals surface area (Å²) < 4.78 is 24.4. The minimum Gasteiger partial charge on any atom is -0.299 e. The predicted molar refractivity (Wildman–Crippen MR) is 56.2 cm³/mol. The second-order valence-corrected chi connectivity index (χ2v) is 3.06. The molecule has 0 aromatic carbocycles. The van der Waals surface area contributed by atoms with E-state index in [1.807, 2.05) is 0 Å². The van der Waals surface area contributed by atoms with Crippen LogP contribution in [-0.2, 0) is 4.84 Å². The Balaban J connectivity index is 2.90. The van der Waals surface area contributed by atoms with Crippen molar-refractivity contribution in [2.45, 2.75) is 19.8 Å². The molecule has 1 heterocycles. The zero-order valence-electron chi connectivity index (χ0n) is 8.75. The van der Waals surface area contributed by atoms with Gasteiger partial charge >= 0.3 is 6.61 Å². The standard InChI is InChI=1S/C7H12ClF2N5O/c1-3-12-7-14-4(8)13-6(11-2)15(7)16-5(9)10/h5-6,11H,3H2,1-2H3,(H,12,13,14). The predicted octanol–water partition coefficient (Wildman–Crippen LogP) is 0.519. The lowest BCUT2D eigenvalue weighted by Crippen LogP contribution is -2.56. The SMILES string of the molecule is CCN=C1NC(Cl)=NC(NC)N1OC(F)F. The summed E-state index contributed by atoms with van der Waals surface area (Å²) in [5, 5.41) is 6.07. The van der Waals surface area contributed by atoms with Crippen LogP contribution in [0.4, 0.5) is 8.78 Å². The van der Waals surface area contributed by atoms with Gasteiger partial charge in [0, 0.05) is 6.54 Å². The number of rotatable bonds is 4. The molecule has 0 spiro atoms. The van der Waals surface area contributed by atoms with Gasteiger partial charge in [-0.1, -0.05) is 0 Å². The van der Waals surface area contributed by atoms with Crippen LogP contribution in [0.1, 0.15) is 6.92 Å². The topological polar surface area (TPSA) is 61.2 Å². The van der Waals surface area contributed by atoms with Crippen LogP contribution in [0.15, 0.2) is 9.98 Å². The van der Waals surface area contributed by atoms with Gasteiger partial charge in [-0.25, -0.2) is 4.99 Å². The average Bonchev–Trinajstić information content (AvgIpc) is 2.21. The second kappa shape index (κ2) is 5.92. The first-order chi connectivity index (χ1) is 7.58. The molecule has 0 bridgehead atoms. The number of amidine groups is 1. The Morgan fingerprint density at radius 3 is 2.94 bits per heavy atom. The van der Waals surface area contributed by atoms with Gasteiger partial charge in [-0.2, -0.15) is 18.7 Å². The molecular weight excluding hydrogens is 244 g/mol. The van der Waals surface area contributed by atoms with Crippen molar-refractivity contribution in [1.29, 1.82) is 0 Å². The number of aliphatic imine (C=N–C) groups is 2. The number of nitrogens with one attached hydrogen (secondary N) is 2. The summed E-state index contributed by atoms with van der Waals surface area (Å²) in [5.74, 6) is 0.0853. The first-order valence-electron chi connectivity index (χ1n) is 4.54. The van der Waals surface area contributed by atoms with Crippen molar-refractivity contribution in [1.82, 2.24) is 15.7 Å². The molecule has 0 saturated heterocycles. The summed E-state index contributed by atoms with van der Waals surface area (Å²) >= 11 is 5.67. The molecule has 0 aliphatic carbocycles. The van der Waals surface area contributed by atoms with Crippen molar-refractivity contribution in [2.75, 3.05) is 13.6 Å². The molecule has 1 aliphatic rings. The number of halogens is 3. The third-order valence-electron chi connectivity index (χ3n) is 1.64. The van der Waals surface area contributed by atoms with Crippen LogP contribution in [0.25, 0.3) is 0 Å². The maximum Gasteiger partial charge on any atom is 0.365 e. The fraction of sp³-hybridized carbons (Fsp3) is 0.714. The zero-order valence-corrected chi connectivity index (χ0v) is 9.50. The first kappa shape index (κ1) is 13.1. The van der Waals surface area contributed by atoms with Gasteiger partial charge in [-0.3, -0.25) is 15.6 Å². The lowest BCUT2D eigenvalue weighted by atomic mass is 10.6. The summed E-state index contributed by atoms with van der Waals surface area (Å²) in [4.78, 5) is 12.0. The minimum absolute atomic E-state index is 0.0562. The Bertz CT molecular complexity index is 299. The van der Waals surface area contributed by atoms with Crippen molar-refractivity contribution in [3.63, 3.8) is 0 Å². The van der Waals surface area contributed by atoms with Gasteiger partial charge in [0.2, 0.25) is 17.5 Å². The van der Waals surface area contributed by atoms with Crippen molar-refractivity contribution in [2.24, 2.45) is 9.98 Å². The number of hydrogen-bond donors (Lipinski definition) is 2. The molecule has 0 saturated carbocycles. The molecule has 0 radical (unpaired) electrons. The maximum absolute atomic E-state index is 12.2. The lowest BCUT2D eigenvalue weighted by molar-refractivity contribution is -0.267. The van der Waals surface area contributed by atoms with E-state index in [0.717, 1.165) is 5.06 Å². The van der Waals surface area contributed by atoms with Gasteiger partial charge in [0.05, 0.1) is 0 Å². The van der Waals surface area contributed by atoms with E-state index < -0.39 is 12.9 Å². The molecular formula is C7H12ClF2N5O. The number of hydrogen-bond acceptors (Lipinski definition) is 4. The quantitative estimate of drug-likeness (QED) is 0.719. The molecule has 92 valence electrons. The molecule has 1 unspecified atom stereocenters. The van der Waals surface area contributed by atoms with Crippen LogP contribution < -0.4 is 10.6 Å². The molecule has 16 heavy (non-hydrogen) atoms. The van der Waals surface area contributed by atoms with E-state index in [2.05, 4.69) is 25.5 Å². The van der Waals surface area contributed by atoms with E-state index in [-0.39, 0.29) is 11.3 Å². The largest absolute Gasteiger partial charge is 0.365 e. The van der Waals surface area contributed by atoms with Crippen molar-refractivity contribution in [3.05, 3.63) is 0 Å². The highest BCUT2D eigenvalue weighted by molar-refractivity contribution is 6.66. The van der Waals surface area contributed by atoms with Gasteiger partial charge in [0.1, 0.15) is 0 Å². The molecule has 1 atom stereocenters.